The van der Waals surface area contributed by atoms with Crippen LogP contribution in [0.2, 0.25) is 0 Å². The van der Waals surface area contributed by atoms with Crippen LogP contribution in [-0.2, 0) is 4.79 Å². The molecular weight excluding hydrogens is 290 g/mol. The summed E-state index contributed by atoms with van der Waals surface area (Å²) in [4.78, 5) is 12.8. The Morgan fingerprint density at radius 1 is 1.40 bits per heavy atom. The molecule has 0 aromatic carbocycles. The second-order valence-electron chi connectivity index (χ2n) is 4.30. The molecule has 0 aliphatic rings. The van der Waals surface area contributed by atoms with Crippen molar-refractivity contribution in [2.24, 2.45) is 0 Å². The summed E-state index contributed by atoms with van der Waals surface area (Å²) >= 11 is 3.05. The third kappa shape index (κ3) is 3.98. The number of hydrogen-bond acceptors (Lipinski definition) is 5. The lowest BCUT2D eigenvalue weighted by atomic mass is 10.1. The molecule has 2 aromatic heterocycles. The van der Waals surface area contributed by atoms with Gasteiger partial charge in [-0.05, 0) is 30.4 Å². The molecule has 0 atom stereocenters. The summed E-state index contributed by atoms with van der Waals surface area (Å²) in [6, 6.07) is 3.92. The highest BCUT2D eigenvalue weighted by Crippen LogP contribution is 2.27. The van der Waals surface area contributed by atoms with E-state index in [9.17, 15) is 4.79 Å². The summed E-state index contributed by atoms with van der Waals surface area (Å²) in [5, 5.41) is 14.5. The second-order valence-corrected chi connectivity index (χ2v) is 6.29. The number of carbonyl (C=O) groups is 1. The number of aromatic nitrogens is 2. The van der Waals surface area contributed by atoms with Gasteiger partial charge >= 0.3 is 0 Å². The number of nitrogens with one attached hydrogen (secondary N) is 1. The molecule has 0 aliphatic carbocycles. The summed E-state index contributed by atoms with van der Waals surface area (Å²) in [6.45, 7) is 4.27. The molecule has 0 radical (unpaired) electrons. The van der Waals surface area contributed by atoms with Crippen LogP contribution in [0.5, 0.6) is 0 Å². The maximum Gasteiger partial charge on any atom is 0.250 e. The molecule has 0 bridgehead atoms. The van der Waals surface area contributed by atoms with Gasteiger partial charge in [0.2, 0.25) is 11.0 Å². The number of anilines is 1. The Labute approximate surface area is 126 Å². The van der Waals surface area contributed by atoms with E-state index in [0.29, 0.717) is 11.0 Å². The van der Waals surface area contributed by atoms with Crippen LogP contribution in [0.4, 0.5) is 5.13 Å². The lowest BCUT2D eigenvalue weighted by molar-refractivity contribution is -0.111. The molecule has 6 heteroatoms. The number of thiophene rings is 1. The average molecular weight is 307 g/mol. The monoisotopic (exact) mass is 307 g/mol. The van der Waals surface area contributed by atoms with E-state index >= 15 is 0 Å². The van der Waals surface area contributed by atoms with Crippen molar-refractivity contribution in [1.29, 1.82) is 0 Å². The summed E-state index contributed by atoms with van der Waals surface area (Å²) in [5.41, 5.74) is 0. The molecule has 106 valence electrons. The first-order valence-corrected chi connectivity index (χ1v) is 8.28. The smallest absolute Gasteiger partial charge is 0.250 e. The van der Waals surface area contributed by atoms with Gasteiger partial charge in [-0.25, -0.2) is 0 Å². The Morgan fingerprint density at radius 2 is 2.20 bits per heavy atom. The first kappa shape index (κ1) is 14.9. The summed E-state index contributed by atoms with van der Waals surface area (Å²) < 4.78 is 0. The van der Waals surface area contributed by atoms with Crippen molar-refractivity contribution in [3.05, 3.63) is 33.5 Å². The molecule has 2 rings (SSSR count). The molecule has 20 heavy (non-hydrogen) atoms. The van der Waals surface area contributed by atoms with E-state index in [-0.39, 0.29) is 5.91 Å². The highest BCUT2D eigenvalue weighted by atomic mass is 32.1. The van der Waals surface area contributed by atoms with Crippen molar-refractivity contribution >= 4 is 39.8 Å². The van der Waals surface area contributed by atoms with E-state index in [2.05, 4.69) is 29.4 Å². The van der Waals surface area contributed by atoms with E-state index in [4.69, 9.17) is 0 Å². The number of nitrogens with zero attached hydrogens (tertiary/aromatic N) is 2. The minimum atomic E-state index is -0.175. The number of hydrogen-bond donors (Lipinski definition) is 1. The maximum atomic E-state index is 11.8. The van der Waals surface area contributed by atoms with Crippen molar-refractivity contribution in [3.8, 4) is 0 Å². The van der Waals surface area contributed by atoms with Crippen LogP contribution in [0.1, 0.15) is 42.5 Å². The van der Waals surface area contributed by atoms with Gasteiger partial charge in [-0.3, -0.25) is 10.1 Å². The Balaban J connectivity index is 1.94. The minimum Gasteiger partial charge on any atom is -0.297 e. The van der Waals surface area contributed by atoms with Gasteiger partial charge in [0.05, 0.1) is 0 Å². The van der Waals surface area contributed by atoms with E-state index in [1.807, 2.05) is 17.5 Å². The summed E-state index contributed by atoms with van der Waals surface area (Å²) in [6.07, 6.45) is 5.39. The van der Waals surface area contributed by atoms with E-state index in [1.54, 1.807) is 17.4 Å². The van der Waals surface area contributed by atoms with Crippen LogP contribution in [-0.4, -0.2) is 16.1 Å². The van der Waals surface area contributed by atoms with E-state index in [1.165, 1.54) is 17.4 Å². The van der Waals surface area contributed by atoms with Gasteiger partial charge in [-0.2, -0.15) is 0 Å². The maximum absolute atomic E-state index is 11.8. The van der Waals surface area contributed by atoms with Gasteiger partial charge in [0, 0.05) is 16.9 Å². The fraction of sp³-hybridized carbons (Fsp3) is 0.357. The van der Waals surface area contributed by atoms with E-state index in [0.717, 1.165) is 22.7 Å². The molecule has 0 saturated heterocycles. The first-order chi connectivity index (χ1) is 9.72. The molecule has 0 aliphatic heterocycles. The fourth-order valence-electron chi connectivity index (χ4n) is 1.78. The molecule has 4 nitrogen and oxygen atoms in total. The van der Waals surface area contributed by atoms with E-state index < -0.39 is 0 Å². The highest BCUT2D eigenvalue weighted by molar-refractivity contribution is 7.15. The third-order valence-electron chi connectivity index (χ3n) is 2.95. The zero-order chi connectivity index (χ0) is 14.4. The topological polar surface area (TPSA) is 54.9 Å². The zero-order valence-corrected chi connectivity index (χ0v) is 13.1. The zero-order valence-electron chi connectivity index (χ0n) is 11.5. The van der Waals surface area contributed by atoms with Crippen LogP contribution < -0.4 is 5.32 Å². The summed E-state index contributed by atoms with van der Waals surface area (Å²) in [5.74, 6) is 0.255. The van der Waals surface area contributed by atoms with Crippen molar-refractivity contribution < 1.29 is 4.79 Å². The second kappa shape index (κ2) is 7.31. The Kier molecular flexibility index (Phi) is 5.43. The molecule has 0 spiro atoms. The van der Waals surface area contributed by atoms with Crippen molar-refractivity contribution in [2.75, 3.05) is 5.32 Å². The summed E-state index contributed by atoms with van der Waals surface area (Å²) in [7, 11) is 0. The first-order valence-electron chi connectivity index (χ1n) is 6.58. The number of amides is 1. The number of rotatable bonds is 6. The van der Waals surface area contributed by atoms with Gasteiger partial charge in [-0.1, -0.05) is 31.3 Å². The van der Waals surface area contributed by atoms with Crippen molar-refractivity contribution in [1.82, 2.24) is 10.2 Å². The predicted octanol–water partition coefficient (Wildman–Crippen LogP) is 4.16. The van der Waals surface area contributed by atoms with Gasteiger partial charge in [-0.15, -0.1) is 21.5 Å². The highest BCUT2D eigenvalue weighted by Gasteiger charge is 2.13. The average Bonchev–Trinajstić information content (AvgIpc) is 3.10. The van der Waals surface area contributed by atoms with Crippen molar-refractivity contribution in [3.63, 3.8) is 0 Å². The predicted molar refractivity (Wildman–Crippen MR) is 85.2 cm³/mol. The molecule has 0 unspecified atom stereocenters. The number of carbonyl (C=O) groups excluding carboxylic acids is 1. The van der Waals surface area contributed by atoms with Crippen LogP contribution >= 0.6 is 22.7 Å². The van der Waals surface area contributed by atoms with Gasteiger partial charge in [0.1, 0.15) is 5.01 Å². The van der Waals surface area contributed by atoms with Crippen molar-refractivity contribution in [2.45, 2.75) is 32.6 Å². The normalized spacial score (nSPS) is 11.3. The van der Waals surface area contributed by atoms with Gasteiger partial charge < -0.3 is 0 Å². The minimum absolute atomic E-state index is 0.175. The molecule has 0 saturated carbocycles. The third-order valence-corrected chi connectivity index (χ3v) is 4.79. The standard InChI is InChI=1S/C14H17N3OS2/c1-3-10(4-2)13-16-17-14(20-13)15-12(18)8-7-11-6-5-9-19-11/h5-10H,3-4H2,1-2H3,(H,15,17,18)/b8-7+. The Hall–Kier alpha value is -1.53. The quantitative estimate of drug-likeness (QED) is 0.815. The van der Waals surface area contributed by atoms with Gasteiger partial charge in [0.15, 0.2) is 0 Å². The lowest BCUT2D eigenvalue weighted by Crippen LogP contribution is -2.07. The lowest BCUT2D eigenvalue weighted by Gasteiger charge is -2.05. The molecule has 1 amide bonds. The largest absolute Gasteiger partial charge is 0.297 e. The SMILES string of the molecule is CCC(CC)c1nnc(NC(=O)/C=C/c2cccs2)s1. The molecule has 1 N–H and O–H groups in total. The fourth-order valence-corrected chi connectivity index (χ4v) is 3.41. The Bertz CT molecular complexity index is 571. The molecular formula is C14H17N3OS2. The van der Waals surface area contributed by atoms with Crippen LogP contribution in [0, 0.1) is 0 Å². The molecule has 2 heterocycles. The van der Waals surface area contributed by atoms with Crippen LogP contribution in [0.15, 0.2) is 23.6 Å². The molecule has 0 fully saturated rings. The van der Waals surface area contributed by atoms with Gasteiger partial charge in [0.25, 0.3) is 0 Å². The Morgan fingerprint density at radius 3 is 2.85 bits per heavy atom. The van der Waals surface area contributed by atoms with Crippen LogP contribution in [0.25, 0.3) is 6.08 Å². The molecule has 2 aromatic rings. The van der Waals surface area contributed by atoms with Crippen LogP contribution in [0.3, 0.4) is 0 Å².